The summed E-state index contributed by atoms with van der Waals surface area (Å²) in [4.78, 5) is 38.4. The molecule has 0 unspecified atom stereocenters. The molecule has 2 fully saturated rings. The van der Waals surface area contributed by atoms with Crippen molar-refractivity contribution in [3.8, 4) is 11.3 Å². The molecule has 0 bridgehead atoms. The topological polar surface area (TPSA) is 109 Å². The van der Waals surface area contributed by atoms with Crippen LogP contribution in [-0.2, 0) is 11.8 Å². The molecule has 0 spiro atoms. The number of nitrogens with one attached hydrogen (secondary N) is 2. The molecule has 2 aliphatic rings. The van der Waals surface area contributed by atoms with Crippen molar-refractivity contribution in [3.63, 3.8) is 0 Å². The summed E-state index contributed by atoms with van der Waals surface area (Å²) in [6.07, 6.45) is 8.05. The molecule has 9 nitrogen and oxygen atoms in total. The molecule has 1 atom stereocenters. The highest BCUT2D eigenvalue weighted by molar-refractivity contribution is 6.06. The third-order valence-corrected chi connectivity index (χ3v) is 5.43. The summed E-state index contributed by atoms with van der Waals surface area (Å²) < 4.78 is 28.0. The normalized spacial score (nSPS) is 18.8. The van der Waals surface area contributed by atoms with Gasteiger partial charge in [0.25, 0.3) is 11.8 Å². The van der Waals surface area contributed by atoms with Gasteiger partial charge in [-0.05, 0) is 18.8 Å². The maximum atomic E-state index is 13.2. The molecule has 1 saturated carbocycles. The quantitative estimate of drug-likeness (QED) is 0.654. The van der Waals surface area contributed by atoms with Crippen LogP contribution in [0.4, 0.5) is 8.78 Å². The third kappa shape index (κ3) is 3.29. The molecule has 11 heteroatoms. The zero-order valence-corrected chi connectivity index (χ0v) is 16.1. The number of aromatic amines is 1. The van der Waals surface area contributed by atoms with E-state index in [0.29, 0.717) is 16.9 Å². The number of H-pyrrole nitrogens is 1. The molecule has 2 N–H and O–H groups in total. The van der Waals surface area contributed by atoms with E-state index in [2.05, 4.69) is 25.4 Å². The lowest BCUT2D eigenvalue weighted by molar-refractivity contribution is -0.167. The highest BCUT2D eigenvalue weighted by atomic mass is 19.3. The molecule has 0 aromatic carbocycles. The number of carbonyl (C=O) groups is 2. The van der Waals surface area contributed by atoms with E-state index in [1.807, 2.05) is 0 Å². The van der Waals surface area contributed by atoms with E-state index in [4.69, 9.17) is 0 Å². The van der Waals surface area contributed by atoms with Crippen molar-refractivity contribution in [2.45, 2.75) is 24.8 Å². The van der Waals surface area contributed by atoms with Crippen LogP contribution < -0.4 is 5.32 Å². The molecule has 5 rings (SSSR count). The first kappa shape index (κ1) is 18.6. The van der Waals surface area contributed by atoms with Crippen molar-refractivity contribution in [3.05, 3.63) is 30.4 Å². The lowest BCUT2D eigenvalue weighted by Gasteiger charge is -2.40. The maximum Gasteiger partial charge on any atom is 0.282 e. The summed E-state index contributed by atoms with van der Waals surface area (Å²) in [5, 5.41) is 6.84. The second-order valence-corrected chi connectivity index (χ2v) is 7.90. The smallest absolute Gasteiger partial charge is 0.282 e. The number of hydrogen-bond donors (Lipinski definition) is 2. The SMILES string of the molecule is Cn1cc(-c2cnc3[nH]cc(C(=O)N[C@@H](C(=O)N4CC(F)(F)C4)C4CC4)c3n2)cn1. The van der Waals surface area contributed by atoms with Crippen molar-refractivity contribution < 1.29 is 18.4 Å². The van der Waals surface area contributed by atoms with Gasteiger partial charge in [0.2, 0.25) is 5.91 Å². The Morgan fingerprint density at radius 1 is 1.30 bits per heavy atom. The minimum absolute atomic E-state index is 0.0297. The van der Waals surface area contributed by atoms with Gasteiger partial charge in [-0.1, -0.05) is 0 Å². The van der Waals surface area contributed by atoms with Crippen LogP contribution in [0.1, 0.15) is 23.2 Å². The summed E-state index contributed by atoms with van der Waals surface area (Å²) in [6.45, 7) is -1.20. The van der Waals surface area contributed by atoms with Gasteiger partial charge in [-0.15, -0.1) is 0 Å². The second kappa shape index (κ2) is 6.57. The first-order valence-electron chi connectivity index (χ1n) is 9.61. The van der Waals surface area contributed by atoms with E-state index in [-0.39, 0.29) is 11.5 Å². The minimum atomic E-state index is -2.84. The molecular weight excluding hydrogens is 396 g/mol. The fourth-order valence-corrected chi connectivity index (χ4v) is 3.65. The molecule has 1 aliphatic heterocycles. The fourth-order valence-electron chi connectivity index (χ4n) is 3.65. The van der Waals surface area contributed by atoms with Gasteiger partial charge in [0, 0.05) is 25.0 Å². The van der Waals surface area contributed by atoms with Crippen molar-refractivity contribution in [1.29, 1.82) is 0 Å². The summed E-state index contributed by atoms with van der Waals surface area (Å²) in [6, 6.07) is -0.812. The van der Waals surface area contributed by atoms with Gasteiger partial charge in [-0.25, -0.2) is 18.7 Å². The van der Waals surface area contributed by atoms with Crippen LogP contribution in [0.3, 0.4) is 0 Å². The average molecular weight is 415 g/mol. The Kier molecular flexibility index (Phi) is 4.09. The summed E-state index contributed by atoms with van der Waals surface area (Å²) in [5.74, 6) is -3.82. The molecule has 2 amide bonds. The van der Waals surface area contributed by atoms with E-state index in [1.165, 1.54) is 6.20 Å². The first-order valence-corrected chi connectivity index (χ1v) is 9.61. The van der Waals surface area contributed by atoms with E-state index in [0.717, 1.165) is 23.3 Å². The van der Waals surface area contributed by atoms with Gasteiger partial charge in [-0.3, -0.25) is 14.3 Å². The molecule has 1 saturated heterocycles. The lowest BCUT2D eigenvalue weighted by Crippen LogP contribution is -2.63. The van der Waals surface area contributed by atoms with Crippen LogP contribution >= 0.6 is 0 Å². The Balaban J connectivity index is 1.39. The van der Waals surface area contributed by atoms with Crippen LogP contribution in [0.25, 0.3) is 22.4 Å². The van der Waals surface area contributed by atoms with E-state index in [9.17, 15) is 18.4 Å². The third-order valence-electron chi connectivity index (χ3n) is 5.43. The number of aromatic nitrogens is 5. The predicted octanol–water partition coefficient (Wildman–Crippen LogP) is 1.34. The van der Waals surface area contributed by atoms with Crippen molar-refractivity contribution in [2.24, 2.45) is 13.0 Å². The van der Waals surface area contributed by atoms with Gasteiger partial charge in [0.1, 0.15) is 11.6 Å². The maximum absolute atomic E-state index is 13.2. The number of alkyl halides is 2. The number of likely N-dealkylation sites (tertiary alicyclic amines) is 1. The van der Waals surface area contributed by atoms with Crippen LogP contribution in [-0.4, -0.2) is 66.5 Å². The Morgan fingerprint density at radius 3 is 2.70 bits per heavy atom. The van der Waals surface area contributed by atoms with E-state index < -0.39 is 36.9 Å². The summed E-state index contributed by atoms with van der Waals surface area (Å²) in [5.41, 5.74) is 2.36. The van der Waals surface area contributed by atoms with Crippen LogP contribution in [0.2, 0.25) is 0 Å². The molecule has 3 aromatic heterocycles. The molecule has 3 aromatic rings. The highest BCUT2D eigenvalue weighted by Crippen LogP contribution is 2.36. The summed E-state index contributed by atoms with van der Waals surface area (Å²) in [7, 11) is 1.79. The van der Waals surface area contributed by atoms with E-state index in [1.54, 1.807) is 30.3 Å². The largest absolute Gasteiger partial charge is 0.344 e. The number of nitrogens with zero attached hydrogens (tertiary/aromatic N) is 5. The van der Waals surface area contributed by atoms with E-state index >= 15 is 0 Å². The van der Waals surface area contributed by atoms with Gasteiger partial charge >= 0.3 is 0 Å². The number of carbonyl (C=O) groups excluding carboxylic acids is 2. The molecule has 30 heavy (non-hydrogen) atoms. The minimum Gasteiger partial charge on any atom is -0.344 e. The Morgan fingerprint density at radius 2 is 2.07 bits per heavy atom. The number of halogens is 2. The van der Waals surface area contributed by atoms with Crippen molar-refractivity contribution in [2.75, 3.05) is 13.1 Å². The average Bonchev–Trinajstić information content (AvgIpc) is 3.29. The zero-order chi connectivity index (χ0) is 21.0. The molecule has 4 heterocycles. The molecule has 156 valence electrons. The number of fused-ring (bicyclic) bond motifs is 1. The zero-order valence-electron chi connectivity index (χ0n) is 16.1. The molecular formula is C19H19F2N7O2. The highest BCUT2D eigenvalue weighted by Gasteiger charge is 2.50. The van der Waals surface area contributed by atoms with Gasteiger partial charge in [0.05, 0.1) is 36.7 Å². The van der Waals surface area contributed by atoms with Crippen LogP contribution in [0, 0.1) is 5.92 Å². The van der Waals surface area contributed by atoms with Crippen LogP contribution in [0.15, 0.2) is 24.8 Å². The van der Waals surface area contributed by atoms with Crippen molar-refractivity contribution in [1.82, 2.24) is 34.9 Å². The Bertz CT molecular complexity index is 1140. The van der Waals surface area contributed by atoms with Gasteiger partial charge in [0.15, 0.2) is 5.65 Å². The van der Waals surface area contributed by atoms with Crippen LogP contribution in [0.5, 0.6) is 0 Å². The first-order chi connectivity index (χ1) is 14.3. The fraction of sp³-hybridized carbons (Fsp3) is 0.421. The Hall–Kier alpha value is -3.37. The number of rotatable bonds is 5. The van der Waals surface area contributed by atoms with Gasteiger partial charge in [-0.2, -0.15) is 5.10 Å². The number of amides is 2. The molecule has 0 radical (unpaired) electrons. The van der Waals surface area contributed by atoms with Crippen molar-refractivity contribution >= 4 is 23.0 Å². The second-order valence-electron chi connectivity index (χ2n) is 7.90. The molecule has 1 aliphatic carbocycles. The standard InChI is InChI=1S/C19H19F2N7O2/c1-27-7-11(4-24-27)13-6-23-16-15(25-13)12(5-22-16)17(29)26-14(10-2-3-10)18(30)28-8-19(20,21)9-28/h4-7,10,14H,2-3,8-9H2,1H3,(H,22,23)(H,26,29)/t14-/m1/s1. The number of hydrogen-bond acceptors (Lipinski definition) is 5. The number of aryl methyl sites for hydroxylation is 1. The lowest BCUT2D eigenvalue weighted by atomic mass is 10.1. The predicted molar refractivity (Wildman–Crippen MR) is 102 cm³/mol. The monoisotopic (exact) mass is 415 g/mol. The Labute approximate surface area is 169 Å². The summed E-state index contributed by atoms with van der Waals surface area (Å²) >= 11 is 0. The van der Waals surface area contributed by atoms with Gasteiger partial charge < -0.3 is 15.2 Å².